The van der Waals surface area contributed by atoms with Gasteiger partial charge in [0.25, 0.3) is 0 Å². The number of aryl methyl sites for hydroxylation is 1. The summed E-state index contributed by atoms with van der Waals surface area (Å²) in [5.41, 5.74) is 1.60. The lowest BCUT2D eigenvalue weighted by atomic mass is 9.84. The van der Waals surface area contributed by atoms with Gasteiger partial charge in [-0.1, -0.05) is 20.8 Å². The third-order valence-corrected chi connectivity index (χ3v) is 2.52. The second-order valence-corrected chi connectivity index (χ2v) is 6.32. The van der Waals surface area contributed by atoms with Crippen molar-refractivity contribution in [1.82, 2.24) is 0 Å². The van der Waals surface area contributed by atoms with E-state index in [4.69, 9.17) is 4.42 Å². The van der Waals surface area contributed by atoms with Crippen LogP contribution in [-0.2, 0) is 10.8 Å². The minimum absolute atomic E-state index is 0.0754. The Morgan fingerprint density at radius 1 is 0.867 bits per heavy atom. The monoisotopic (exact) mass is 207 g/mol. The first-order valence-corrected chi connectivity index (χ1v) is 5.56. The van der Waals surface area contributed by atoms with Crippen molar-refractivity contribution in [3.63, 3.8) is 0 Å². The Hall–Kier alpha value is -0.850. The van der Waals surface area contributed by atoms with Crippen molar-refractivity contribution in [2.75, 3.05) is 0 Å². The van der Waals surface area contributed by atoms with Crippen molar-refractivity contribution in [2.24, 2.45) is 0 Å². The average molecular weight is 207 g/mol. The van der Waals surface area contributed by atoms with E-state index in [0.29, 0.717) is 0 Å². The molecule has 0 atom stereocenters. The van der Waals surface area contributed by atoms with E-state index in [1.165, 1.54) is 5.56 Å². The summed E-state index contributed by atoms with van der Waals surface area (Å²) in [5, 5.41) is 0. The Morgan fingerprint density at radius 3 is 1.80 bits per heavy atom. The molecule has 1 nitrogen and oxygen atoms in total. The fourth-order valence-electron chi connectivity index (χ4n) is 1.44. The lowest BCUT2D eigenvalue weighted by Gasteiger charge is -2.19. The SMILES string of the molecule is Cc1cc(C(C)(C)C)cc(C(C)(C)C)[o+]1. The molecule has 15 heavy (non-hydrogen) atoms. The number of hydrogen-bond donors (Lipinski definition) is 0. The molecule has 0 aliphatic heterocycles. The molecule has 0 aliphatic rings. The smallest absolute Gasteiger partial charge is 0.218 e. The second-order valence-electron chi connectivity index (χ2n) is 6.32. The highest BCUT2D eigenvalue weighted by molar-refractivity contribution is 5.27. The maximum Gasteiger partial charge on any atom is 0.334 e. The van der Waals surface area contributed by atoms with Crippen LogP contribution in [0.3, 0.4) is 0 Å². The van der Waals surface area contributed by atoms with E-state index in [0.717, 1.165) is 11.5 Å². The Labute approximate surface area is 93.5 Å². The van der Waals surface area contributed by atoms with Gasteiger partial charge in [-0.15, -0.1) is 0 Å². The predicted octanol–water partition coefficient (Wildman–Crippen LogP) is 4.46. The van der Waals surface area contributed by atoms with Crippen LogP contribution in [0.5, 0.6) is 0 Å². The van der Waals surface area contributed by atoms with Crippen LogP contribution < -0.4 is 0 Å². The van der Waals surface area contributed by atoms with E-state index in [1.807, 2.05) is 6.92 Å². The minimum Gasteiger partial charge on any atom is -0.218 e. The Kier molecular flexibility index (Phi) is 2.95. The number of rotatable bonds is 0. The standard InChI is InChI=1S/C14H23O/c1-10-8-11(13(2,3)4)9-12(15-10)14(5,6)7/h8-9H,1-7H3/q+1. The Morgan fingerprint density at radius 2 is 1.40 bits per heavy atom. The topological polar surface area (TPSA) is 11.3 Å². The van der Waals surface area contributed by atoms with Crippen molar-refractivity contribution in [1.29, 1.82) is 0 Å². The summed E-state index contributed by atoms with van der Waals surface area (Å²) in [7, 11) is 0. The van der Waals surface area contributed by atoms with Crippen molar-refractivity contribution in [3.05, 3.63) is 29.2 Å². The molecule has 0 spiro atoms. The van der Waals surface area contributed by atoms with Gasteiger partial charge in [0.05, 0.1) is 12.3 Å². The van der Waals surface area contributed by atoms with Gasteiger partial charge in [0, 0.05) is 12.1 Å². The quantitative estimate of drug-likeness (QED) is 0.571. The lowest BCUT2D eigenvalue weighted by Crippen LogP contribution is -2.16. The second kappa shape index (κ2) is 3.62. The van der Waals surface area contributed by atoms with E-state index in [1.54, 1.807) is 0 Å². The molecule has 0 fully saturated rings. The summed E-state index contributed by atoms with van der Waals surface area (Å²) in [6.45, 7) is 15.2. The van der Waals surface area contributed by atoms with E-state index >= 15 is 0 Å². The van der Waals surface area contributed by atoms with Crippen LogP contribution in [-0.4, -0.2) is 0 Å². The highest BCUT2D eigenvalue weighted by Gasteiger charge is 2.29. The van der Waals surface area contributed by atoms with Gasteiger partial charge >= 0.3 is 11.5 Å². The van der Waals surface area contributed by atoms with Crippen LogP contribution in [0.2, 0.25) is 0 Å². The summed E-state index contributed by atoms with van der Waals surface area (Å²) in [6.07, 6.45) is 0. The zero-order chi connectivity index (χ0) is 11.9. The van der Waals surface area contributed by atoms with Gasteiger partial charge in [0.2, 0.25) is 0 Å². The van der Waals surface area contributed by atoms with E-state index in [-0.39, 0.29) is 10.8 Å². The van der Waals surface area contributed by atoms with Crippen LogP contribution in [0, 0.1) is 6.92 Å². The van der Waals surface area contributed by atoms with Crippen LogP contribution in [0.15, 0.2) is 16.5 Å². The van der Waals surface area contributed by atoms with E-state index in [2.05, 4.69) is 53.7 Å². The fourth-order valence-corrected chi connectivity index (χ4v) is 1.44. The average Bonchev–Trinajstić information content (AvgIpc) is 1.99. The van der Waals surface area contributed by atoms with Crippen LogP contribution in [0.4, 0.5) is 0 Å². The molecule has 1 heterocycles. The van der Waals surface area contributed by atoms with Gasteiger partial charge in [0.15, 0.2) is 0 Å². The first kappa shape index (κ1) is 12.2. The van der Waals surface area contributed by atoms with E-state index in [9.17, 15) is 0 Å². The summed E-state index contributed by atoms with van der Waals surface area (Å²) < 4.78 is 5.78. The molecule has 84 valence electrons. The Bertz CT molecular complexity index is 318. The molecule has 0 N–H and O–H groups in total. The van der Waals surface area contributed by atoms with Gasteiger partial charge in [-0.25, -0.2) is 4.42 Å². The summed E-state index contributed by atoms with van der Waals surface area (Å²) in [6, 6.07) is 4.32. The largest absolute Gasteiger partial charge is 0.334 e. The molecule has 1 rings (SSSR count). The van der Waals surface area contributed by atoms with Crippen molar-refractivity contribution < 1.29 is 4.42 Å². The van der Waals surface area contributed by atoms with Crippen LogP contribution >= 0.6 is 0 Å². The molecule has 0 aromatic carbocycles. The predicted molar refractivity (Wildman–Crippen MR) is 65.3 cm³/mol. The number of hydrogen-bond acceptors (Lipinski definition) is 0. The maximum atomic E-state index is 5.78. The first-order chi connectivity index (χ1) is 6.60. The molecule has 0 saturated carbocycles. The molecule has 0 radical (unpaired) electrons. The van der Waals surface area contributed by atoms with Gasteiger partial charge in [-0.2, -0.15) is 0 Å². The zero-order valence-electron chi connectivity index (χ0n) is 11.1. The highest BCUT2D eigenvalue weighted by atomic mass is 16.3. The molecule has 0 saturated heterocycles. The minimum atomic E-state index is 0.0754. The van der Waals surface area contributed by atoms with Crippen LogP contribution in [0.25, 0.3) is 0 Å². The molecular weight excluding hydrogens is 184 g/mol. The molecular formula is C14H23O+. The molecule has 1 heteroatoms. The van der Waals surface area contributed by atoms with Crippen molar-refractivity contribution in [3.8, 4) is 0 Å². The maximum absolute atomic E-state index is 5.78. The lowest BCUT2D eigenvalue weighted by molar-refractivity contribution is 0.376. The molecule has 1 aromatic heterocycles. The Balaban J connectivity index is 3.30. The molecule has 0 bridgehead atoms. The molecule has 1 aromatic rings. The molecule has 0 aliphatic carbocycles. The van der Waals surface area contributed by atoms with Gasteiger partial charge in [-0.3, -0.25) is 0 Å². The van der Waals surface area contributed by atoms with Gasteiger partial charge in [0.1, 0.15) is 0 Å². The molecule has 0 amide bonds. The van der Waals surface area contributed by atoms with Crippen LogP contribution in [0.1, 0.15) is 58.6 Å². The van der Waals surface area contributed by atoms with Crippen molar-refractivity contribution >= 4 is 0 Å². The summed E-state index contributed by atoms with van der Waals surface area (Å²) in [4.78, 5) is 0. The van der Waals surface area contributed by atoms with Crippen molar-refractivity contribution in [2.45, 2.75) is 59.3 Å². The zero-order valence-corrected chi connectivity index (χ0v) is 11.1. The summed E-state index contributed by atoms with van der Waals surface area (Å²) >= 11 is 0. The third kappa shape index (κ3) is 3.05. The fraction of sp³-hybridized carbons (Fsp3) is 0.643. The third-order valence-electron chi connectivity index (χ3n) is 2.52. The molecule has 0 unspecified atom stereocenters. The van der Waals surface area contributed by atoms with Gasteiger partial charge < -0.3 is 0 Å². The normalized spacial score (nSPS) is 13.0. The van der Waals surface area contributed by atoms with E-state index < -0.39 is 0 Å². The first-order valence-electron chi connectivity index (χ1n) is 5.56. The van der Waals surface area contributed by atoms with Gasteiger partial charge in [-0.05, 0) is 31.7 Å². The summed E-state index contributed by atoms with van der Waals surface area (Å²) in [5.74, 6) is 2.06. The highest BCUT2D eigenvalue weighted by Crippen LogP contribution is 2.29.